The van der Waals surface area contributed by atoms with Crippen molar-refractivity contribution in [3.8, 4) is 0 Å². The Hall–Kier alpha value is -1.35. The number of esters is 1. The summed E-state index contributed by atoms with van der Waals surface area (Å²) < 4.78 is 4.87. The van der Waals surface area contributed by atoms with Gasteiger partial charge in [0.2, 0.25) is 0 Å². The molecule has 1 aliphatic rings. The summed E-state index contributed by atoms with van der Waals surface area (Å²) in [6.45, 7) is 2.04. The van der Waals surface area contributed by atoms with Crippen molar-refractivity contribution in [2.24, 2.45) is 0 Å². The van der Waals surface area contributed by atoms with Crippen LogP contribution in [-0.2, 0) is 22.4 Å². The van der Waals surface area contributed by atoms with E-state index in [0.717, 1.165) is 11.1 Å². The van der Waals surface area contributed by atoms with Crippen molar-refractivity contribution >= 4 is 5.97 Å². The number of ether oxygens (including phenoxy) is 1. The Bertz CT molecular complexity index is 359. The zero-order valence-corrected chi connectivity index (χ0v) is 8.69. The van der Waals surface area contributed by atoms with Gasteiger partial charge in [0, 0.05) is 12.8 Å². The Morgan fingerprint density at radius 2 is 1.93 bits per heavy atom. The standard InChI is InChI=1S/C12H14O3/c1-2-15-11(13)12(14)7-9-5-3-4-6-10(9)8-12/h3-6,14H,2,7-8H2,1H3. The van der Waals surface area contributed by atoms with Gasteiger partial charge in [-0.2, -0.15) is 0 Å². The molecular weight excluding hydrogens is 192 g/mol. The van der Waals surface area contributed by atoms with E-state index in [2.05, 4.69) is 0 Å². The molecule has 0 amide bonds. The van der Waals surface area contributed by atoms with Crippen LogP contribution >= 0.6 is 0 Å². The molecule has 0 atom stereocenters. The van der Waals surface area contributed by atoms with E-state index in [9.17, 15) is 9.90 Å². The number of hydrogen-bond acceptors (Lipinski definition) is 3. The molecule has 0 bridgehead atoms. The summed E-state index contributed by atoms with van der Waals surface area (Å²) in [6, 6.07) is 7.70. The zero-order valence-electron chi connectivity index (χ0n) is 8.69. The number of aliphatic hydroxyl groups is 1. The maximum Gasteiger partial charge on any atom is 0.338 e. The van der Waals surface area contributed by atoms with E-state index in [4.69, 9.17) is 4.74 Å². The molecule has 0 fully saturated rings. The van der Waals surface area contributed by atoms with Crippen molar-refractivity contribution in [1.82, 2.24) is 0 Å². The summed E-state index contributed by atoms with van der Waals surface area (Å²) >= 11 is 0. The number of carbonyl (C=O) groups excluding carboxylic acids is 1. The maximum atomic E-state index is 11.6. The van der Waals surface area contributed by atoms with Crippen molar-refractivity contribution in [3.63, 3.8) is 0 Å². The lowest BCUT2D eigenvalue weighted by Gasteiger charge is -2.19. The van der Waals surface area contributed by atoms with Gasteiger partial charge in [-0.3, -0.25) is 0 Å². The first kappa shape index (κ1) is 10.2. The maximum absolute atomic E-state index is 11.6. The summed E-state index contributed by atoms with van der Waals surface area (Å²) in [5.74, 6) is -0.513. The Balaban J connectivity index is 2.21. The van der Waals surface area contributed by atoms with Crippen molar-refractivity contribution < 1.29 is 14.6 Å². The molecule has 0 unspecified atom stereocenters. The largest absolute Gasteiger partial charge is 0.464 e. The summed E-state index contributed by atoms with van der Waals surface area (Å²) in [4.78, 5) is 11.6. The number of benzene rings is 1. The second-order valence-electron chi connectivity index (χ2n) is 3.87. The predicted molar refractivity (Wildman–Crippen MR) is 55.4 cm³/mol. The molecule has 1 N–H and O–H groups in total. The second-order valence-corrected chi connectivity index (χ2v) is 3.87. The molecule has 0 aliphatic heterocycles. The molecule has 1 aromatic carbocycles. The minimum Gasteiger partial charge on any atom is -0.464 e. The fourth-order valence-electron chi connectivity index (χ4n) is 2.00. The van der Waals surface area contributed by atoms with Crippen LogP contribution in [0.2, 0.25) is 0 Å². The van der Waals surface area contributed by atoms with Gasteiger partial charge in [-0.05, 0) is 18.1 Å². The molecule has 15 heavy (non-hydrogen) atoms. The van der Waals surface area contributed by atoms with Gasteiger partial charge in [-0.1, -0.05) is 24.3 Å². The smallest absolute Gasteiger partial charge is 0.338 e. The first-order valence-electron chi connectivity index (χ1n) is 5.12. The van der Waals surface area contributed by atoms with Crippen LogP contribution in [0.4, 0.5) is 0 Å². The third-order valence-corrected chi connectivity index (χ3v) is 2.74. The van der Waals surface area contributed by atoms with Crippen LogP contribution in [-0.4, -0.2) is 23.3 Å². The van der Waals surface area contributed by atoms with Crippen LogP contribution in [0.25, 0.3) is 0 Å². The van der Waals surface area contributed by atoms with Crippen LogP contribution in [0.5, 0.6) is 0 Å². The van der Waals surface area contributed by atoms with E-state index in [0.29, 0.717) is 19.4 Å². The van der Waals surface area contributed by atoms with E-state index in [1.165, 1.54) is 0 Å². The van der Waals surface area contributed by atoms with Crippen LogP contribution < -0.4 is 0 Å². The molecule has 2 rings (SSSR count). The Morgan fingerprint density at radius 3 is 2.40 bits per heavy atom. The molecular formula is C12H14O3. The summed E-state index contributed by atoms with van der Waals surface area (Å²) in [6.07, 6.45) is 0.726. The van der Waals surface area contributed by atoms with Crippen LogP contribution in [0.1, 0.15) is 18.1 Å². The normalized spacial score (nSPS) is 17.2. The molecule has 0 saturated heterocycles. The van der Waals surface area contributed by atoms with Gasteiger partial charge in [-0.15, -0.1) is 0 Å². The minimum absolute atomic E-state index is 0.303. The summed E-state index contributed by atoms with van der Waals surface area (Å²) in [7, 11) is 0. The molecule has 1 aliphatic carbocycles. The predicted octanol–water partition coefficient (Wildman–Crippen LogP) is 1.08. The highest BCUT2D eigenvalue weighted by Crippen LogP contribution is 2.30. The summed E-state index contributed by atoms with van der Waals surface area (Å²) in [5, 5.41) is 10.1. The molecule has 0 aromatic heterocycles. The average molecular weight is 206 g/mol. The van der Waals surface area contributed by atoms with Crippen LogP contribution in [0.3, 0.4) is 0 Å². The van der Waals surface area contributed by atoms with Crippen molar-refractivity contribution in [3.05, 3.63) is 35.4 Å². The van der Waals surface area contributed by atoms with Crippen molar-refractivity contribution in [2.75, 3.05) is 6.61 Å². The highest BCUT2D eigenvalue weighted by molar-refractivity contribution is 5.81. The van der Waals surface area contributed by atoms with Gasteiger partial charge >= 0.3 is 5.97 Å². The molecule has 0 heterocycles. The van der Waals surface area contributed by atoms with E-state index in [1.807, 2.05) is 24.3 Å². The molecule has 80 valence electrons. The van der Waals surface area contributed by atoms with E-state index in [-0.39, 0.29) is 0 Å². The number of rotatable bonds is 2. The van der Waals surface area contributed by atoms with Gasteiger partial charge in [0.15, 0.2) is 5.60 Å². The highest BCUT2D eigenvalue weighted by atomic mass is 16.5. The third kappa shape index (κ3) is 1.75. The Morgan fingerprint density at radius 1 is 1.40 bits per heavy atom. The molecule has 3 nitrogen and oxygen atoms in total. The lowest BCUT2D eigenvalue weighted by Crippen LogP contribution is -2.40. The third-order valence-electron chi connectivity index (χ3n) is 2.74. The number of carbonyl (C=O) groups is 1. The Labute approximate surface area is 88.7 Å². The lowest BCUT2D eigenvalue weighted by molar-refractivity contribution is -0.163. The monoisotopic (exact) mass is 206 g/mol. The molecule has 1 aromatic rings. The fourth-order valence-corrected chi connectivity index (χ4v) is 2.00. The topological polar surface area (TPSA) is 46.5 Å². The van der Waals surface area contributed by atoms with Crippen molar-refractivity contribution in [2.45, 2.75) is 25.4 Å². The van der Waals surface area contributed by atoms with E-state index >= 15 is 0 Å². The molecule has 3 heteroatoms. The summed E-state index contributed by atoms with van der Waals surface area (Å²) in [5.41, 5.74) is 0.723. The van der Waals surface area contributed by atoms with Gasteiger partial charge < -0.3 is 9.84 Å². The van der Waals surface area contributed by atoms with Gasteiger partial charge in [0.05, 0.1) is 6.61 Å². The van der Waals surface area contributed by atoms with Gasteiger partial charge in [0.1, 0.15) is 0 Å². The Kier molecular flexibility index (Phi) is 2.49. The van der Waals surface area contributed by atoms with Gasteiger partial charge in [0.25, 0.3) is 0 Å². The van der Waals surface area contributed by atoms with E-state index in [1.54, 1.807) is 6.92 Å². The number of fused-ring (bicyclic) bond motifs is 1. The minimum atomic E-state index is -1.35. The van der Waals surface area contributed by atoms with Crippen LogP contribution in [0.15, 0.2) is 24.3 Å². The lowest BCUT2D eigenvalue weighted by atomic mass is 10.0. The quantitative estimate of drug-likeness (QED) is 0.736. The zero-order chi connectivity index (χ0) is 10.9. The average Bonchev–Trinajstić information content (AvgIpc) is 2.56. The molecule has 0 spiro atoms. The first-order valence-corrected chi connectivity index (χ1v) is 5.12. The molecule has 0 radical (unpaired) electrons. The fraction of sp³-hybridized carbons (Fsp3) is 0.417. The number of hydrogen-bond donors (Lipinski definition) is 1. The SMILES string of the molecule is CCOC(=O)C1(O)Cc2ccccc2C1. The van der Waals surface area contributed by atoms with Crippen molar-refractivity contribution in [1.29, 1.82) is 0 Å². The van der Waals surface area contributed by atoms with E-state index < -0.39 is 11.6 Å². The first-order chi connectivity index (χ1) is 7.15. The second kappa shape index (κ2) is 3.66. The highest BCUT2D eigenvalue weighted by Gasteiger charge is 2.43. The molecule has 0 saturated carbocycles. The van der Waals surface area contributed by atoms with Crippen LogP contribution in [0, 0.1) is 0 Å². The van der Waals surface area contributed by atoms with Gasteiger partial charge in [-0.25, -0.2) is 4.79 Å².